The molecule has 5 nitrogen and oxygen atoms in total. The maximum Gasteiger partial charge on any atom is 0.279 e. The summed E-state index contributed by atoms with van der Waals surface area (Å²) in [5.74, 6) is -0.411. The molecule has 0 atom stereocenters. The molecule has 0 aliphatic carbocycles. The number of nitrogens with zero attached hydrogens (tertiary/aromatic N) is 1. The minimum atomic E-state index is -0.685. The quantitative estimate of drug-likeness (QED) is 0.332. The highest BCUT2D eigenvalue weighted by molar-refractivity contribution is 6.02. The van der Waals surface area contributed by atoms with Crippen LogP contribution in [0.4, 0.5) is 0 Å². The normalized spacial score (nSPS) is 10.9. The van der Waals surface area contributed by atoms with E-state index in [1.165, 1.54) is 18.7 Å². The number of allylic oxidation sites excluding steroid dienone is 1. The molecular weight excluding hydrogens is 400 g/mol. The third-order valence-electron chi connectivity index (χ3n) is 5.27. The molecule has 2 aromatic carbocycles. The Morgan fingerprint density at radius 3 is 2.19 bits per heavy atom. The van der Waals surface area contributed by atoms with Crippen LogP contribution in [0.2, 0.25) is 0 Å². The number of carbonyl (C=O) groups is 1. The summed E-state index contributed by atoms with van der Waals surface area (Å²) >= 11 is 0. The first-order valence-corrected chi connectivity index (χ1v) is 10.6. The summed E-state index contributed by atoms with van der Waals surface area (Å²) in [6, 6.07) is 16.5. The maximum atomic E-state index is 12.5. The van der Waals surface area contributed by atoms with E-state index in [1.807, 2.05) is 37.3 Å². The first-order chi connectivity index (χ1) is 15.6. The van der Waals surface area contributed by atoms with Gasteiger partial charge in [-0.15, -0.1) is 0 Å². The van der Waals surface area contributed by atoms with Crippen LogP contribution in [-0.2, 0) is 6.42 Å². The molecule has 0 saturated heterocycles. The fourth-order valence-electron chi connectivity index (χ4n) is 3.74. The Morgan fingerprint density at radius 1 is 1.09 bits per heavy atom. The molecule has 0 aliphatic rings. The molecule has 0 aliphatic heterocycles. The number of hydroxylamine groups is 1. The predicted octanol–water partition coefficient (Wildman–Crippen LogP) is 6.17. The van der Waals surface area contributed by atoms with Gasteiger partial charge in [0.1, 0.15) is 5.69 Å². The van der Waals surface area contributed by atoms with Crippen molar-refractivity contribution in [3.05, 3.63) is 83.6 Å². The Hall–Kier alpha value is -3.70. The first-order valence-electron chi connectivity index (χ1n) is 10.6. The summed E-state index contributed by atoms with van der Waals surface area (Å²) < 4.78 is 5.57. The van der Waals surface area contributed by atoms with E-state index < -0.39 is 5.91 Å². The van der Waals surface area contributed by atoms with Gasteiger partial charge in [-0.1, -0.05) is 80.6 Å². The molecule has 164 valence electrons. The average molecular weight is 429 g/mol. The van der Waals surface area contributed by atoms with E-state index in [1.54, 1.807) is 11.6 Å². The van der Waals surface area contributed by atoms with Crippen LogP contribution in [0.1, 0.15) is 47.4 Å². The summed E-state index contributed by atoms with van der Waals surface area (Å²) in [6.07, 6.45) is 7.35. The standard InChI is InChI=1S/C27H28N2O3/c1-5-8-18-10-12-19(13-11-18)20-14-16-21(17-15-20)25-26(32-4)24(27(30)29-31)22(7-3)23(28-25)9-6-2/h6-7,9-17,31H,3,5,8H2,1-2,4H3,(H,29,30)/b9-6-. The van der Waals surface area contributed by atoms with E-state index in [0.717, 1.165) is 29.5 Å². The zero-order chi connectivity index (χ0) is 23.1. The van der Waals surface area contributed by atoms with Crippen molar-refractivity contribution in [3.8, 4) is 28.1 Å². The van der Waals surface area contributed by atoms with Gasteiger partial charge in [0, 0.05) is 11.1 Å². The summed E-state index contributed by atoms with van der Waals surface area (Å²) in [7, 11) is 1.48. The largest absolute Gasteiger partial charge is 0.494 e. The number of ether oxygens (including phenoxy) is 1. The van der Waals surface area contributed by atoms with Crippen molar-refractivity contribution in [2.24, 2.45) is 0 Å². The lowest BCUT2D eigenvalue weighted by Crippen LogP contribution is -2.22. The van der Waals surface area contributed by atoms with Gasteiger partial charge in [0.15, 0.2) is 5.75 Å². The topological polar surface area (TPSA) is 71.5 Å². The zero-order valence-electron chi connectivity index (χ0n) is 18.7. The molecule has 0 bridgehead atoms. The van der Waals surface area contributed by atoms with Gasteiger partial charge < -0.3 is 4.74 Å². The van der Waals surface area contributed by atoms with Crippen molar-refractivity contribution >= 4 is 18.1 Å². The van der Waals surface area contributed by atoms with Crippen molar-refractivity contribution in [3.63, 3.8) is 0 Å². The van der Waals surface area contributed by atoms with Crippen LogP contribution < -0.4 is 10.2 Å². The molecule has 0 saturated carbocycles. The maximum absolute atomic E-state index is 12.5. The van der Waals surface area contributed by atoms with Crippen LogP contribution in [0.15, 0.2) is 61.2 Å². The van der Waals surface area contributed by atoms with Crippen LogP contribution in [-0.4, -0.2) is 23.2 Å². The van der Waals surface area contributed by atoms with Gasteiger partial charge in [0.2, 0.25) is 0 Å². The van der Waals surface area contributed by atoms with Gasteiger partial charge in [-0.2, -0.15) is 0 Å². The molecule has 5 heteroatoms. The van der Waals surface area contributed by atoms with Gasteiger partial charge >= 0.3 is 0 Å². The molecule has 0 unspecified atom stereocenters. The lowest BCUT2D eigenvalue weighted by Gasteiger charge is -2.17. The van der Waals surface area contributed by atoms with Crippen LogP contribution in [0.5, 0.6) is 5.75 Å². The van der Waals surface area contributed by atoms with Crippen molar-refractivity contribution in [1.82, 2.24) is 10.5 Å². The fraction of sp³-hybridized carbons (Fsp3) is 0.185. The molecule has 1 amide bonds. The number of methoxy groups -OCH3 is 1. The Labute approximate surface area is 189 Å². The van der Waals surface area contributed by atoms with Crippen molar-refractivity contribution in [1.29, 1.82) is 0 Å². The molecule has 0 radical (unpaired) electrons. The molecule has 1 heterocycles. The van der Waals surface area contributed by atoms with Crippen LogP contribution in [0.3, 0.4) is 0 Å². The zero-order valence-corrected chi connectivity index (χ0v) is 18.7. The van der Waals surface area contributed by atoms with Crippen LogP contribution in [0.25, 0.3) is 34.5 Å². The smallest absolute Gasteiger partial charge is 0.279 e. The number of pyridine rings is 1. The minimum absolute atomic E-state index is 0.179. The van der Waals surface area contributed by atoms with Crippen molar-refractivity contribution in [2.75, 3.05) is 7.11 Å². The Balaban J connectivity index is 2.11. The van der Waals surface area contributed by atoms with Crippen molar-refractivity contribution < 1.29 is 14.7 Å². The van der Waals surface area contributed by atoms with Gasteiger partial charge in [-0.05, 0) is 36.1 Å². The second kappa shape index (κ2) is 10.6. The number of nitrogens with one attached hydrogen (secondary N) is 1. The lowest BCUT2D eigenvalue weighted by atomic mass is 9.97. The monoisotopic (exact) mass is 428 g/mol. The number of hydrogen-bond donors (Lipinski definition) is 2. The molecule has 3 rings (SSSR count). The summed E-state index contributed by atoms with van der Waals surface area (Å²) in [6.45, 7) is 7.84. The summed E-state index contributed by atoms with van der Waals surface area (Å²) in [5, 5.41) is 9.30. The minimum Gasteiger partial charge on any atom is -0.494 e. The van der Waals surface area contributed by atoms with Gasteiger partial charge in [0.25, 0.3) is 5.91 Å². The van der Waals surface area contributed by atoms with E-state index in [2.05, 4.69) is 37.8 Å². The molecule has 32 heavy (non-hydrogen) atoms. The Kier molecular flexibility index (Phi) is 7.58. The number of aryl methyl sites for hydroxylation is 1. The lowest BCUT2D eigenvalue weighted by molar-refractivity contribution is 0.0703. The van der Waals surface area contributed by atoms with Gasteiger partial charge in [-0.3, -0.25) is 10.0 Å². The number of carbonyl (C=O) groups excluding carboxylic acids is 1. The molecule has 2 N–H and O–H groups in total. The van der Waals surface area contributed by atoms with Crippen LogP contribution in [0, 0.1) is 0 Å². The summed E-state index contributed by atoms with van der Waals surface area (Å²) in [5.41, 5.74) is 7.78. The Morgan fingerprint density at radius 2 is 1.69 bits per heavy atom. The third-order valence-corrected chi connectivity index (χ3v) is 5.27. The van der Waals surface area contributed by atoms with Gasteiger partial charge in [0.05, 0.1) is 18.4 Å². The molecule has 0 spiro atoms. The van der Waals surface area contributed by atoms with E-state index in [0.29, 0.717) is 17.0 Å². The number of benzene rings is 2. The van der Waals surface area contributed by atoms with E-state index >= 15 is 0 Å². The molecule has 3 aromatic rings. The van der Waals surface area contributed by atoms with Crippen molar-refractivity contribution in [2.45, 2.75) is 26.7 Å². The number of aromatic nitrogens is 1. The third kappa shape index (κ3) is 4.63. The number of rotatable bonds is 8. The predicted molar refractivity (Wildman–Crippen MR) is 130 cm³/mol. The second-order valence-corrected chi connectivity index (χ2v) is 7.34. The highest BCUT2D eigenvalue weighted by atomic mass is 16.5. The average Bonchev–Trinajstić information content (AvgIpc) is 2.83. The van der Waals surface area contributed by atoms with E-state index in [9.17, 15) is 10.0 Å². The highest BCUT2D eigenvalue weighted by Gasteiger charge is 2.24. The second-order valence-electron chi connectivity index (χ2n) is 7.34. The highest BCUT2D eigenvalue weighted by Crippen LogP contribution is 2.36. The summed E-state index contributed by atoms with van der Waals surface area (Å²) in [4.78, 5) is 17.2. The number of amides is 1. The SMILES string of the molecule is C=Cc1c(/C=C\C)nc(-c2ccc(-c3ccc(CCC)cc3)cc2)c(OC)c1C(=O)NO. The van der Waals surface area contributed by atoms with E-state index in [-0.39, 0.29) is 11.3 Å². The molecule has 0 fully saturated rings. The van der Waals surface area contributed by atoms with Gasteiger partial charge in [-0.25, -0.2) is 10.5 Å². The van der Waals surface area contributed by atoms with E-state index in [4.69, 9.17) is 9.72 Å². The Bertz CT molecular complexity index is 1130. The van der Waals surface area contributed by atoms with Crippen LogP contribution >= 0.6 is 0 Å². The fourth-order valence-corrected chi connectivity index (χ4v) is 3.74. The molecule has 1 aromatic heterocycles. The number of hydrogen-bond acceptors (Lipinski definition) is 4. The molecular formula is C27H28N2O3. The first kappa shape index (κ1) is 23.0.